The second-order valence-electron chi connectivity index (χ2n) is 3.01. The Hall–Kier alpha value is -1.75. The zero-order valence-electron chi connectivity index (χ0n) is 9.36. The van der Waals surface area contributed by atoms with Crippen LogP contribution in [0.2, 0.25) is 5.02 Å². The zero-order valence-corrected chi connectivity index (χ0v) is 10.1. The molecule has 0 N–H and O–H groups in total. The molecule has 0 radical (unpaired) electrons. The van der Waals surface area contributed by atoms with Crippen LogP contribution in [0.25, 0.3) is 0 Å². The van der Waals surface area contributed by atoms with Gasteiger partial charge in [0, 0.05) is 6.07 Å². The summed E-state index contributed by atoms with van der Waals surface area (Å²) in [7, 11) is 2.68. The molecule has 0 spiro atoms. The fraction of sp³-hybridized carbons (Fsp3) is 0.273. The average molecular weight is 259 g/mol. The van der Waals surface area contributed by atoms with E-state index in [4.69, 9.17) is 21.1 Å². The number of carbonyl (C=O) groups is 2. The standard InChI is InChI=1S/C11H11ClO5/c1-15-10-4-9(17-6-11(14)16-2)7(5-13)3-8(10)12/h3-5H,6H2,1-2H3. The molecule has 92 valence electrons. The second kappa shape index (κ2) is 6.10. The highest BCUT2D eigenvalue weighted by Crippen LogP contribution is 2.31. The summed E-state index contributed by atoms with van der Waals surface area (Å²) in [6, 6.07) is 2.84. The van der Waals surface area contributed by atoms with Gasteiger partial charge in [-0.1, -0.05) is 11.6 Å². The van der Waals surface area contributed by atoms with E-state index in [0.29, 0.717) is 17.1 Å². The smallest absolute Gasteiger partial charge is 0.343 e. The van der Waals surface area contributed by atoms with E-state index in [1.165, 1.54) is 26.4 Å². The molecule has 6 heteroatoms. The van der Waals surface area contributed by atoms with Crippen molar-refractivity contribution < 1.29 is 23.8 Å². The first kappa shape index (κ1) is 13.3. The minimum absolute atomic E-state index is 0.214. The predicted molar refractivity (Wildman–Crippen MR) is 60.9 cm³/mol. The summed E-state index contributed by atoms with van der Waals surface area (Å²) in [6.45, 7) is -0.290. The van der Waals surface area contributed by atoms with Crippen LogP contribution >= 0.6 is 11.6 Å². The summed E-state index contributed by atoms with van der Waals surface area (Å²) in [5.41, 5.74) is 0.236. The summed E-state index contributed by atoms with van der Waals surface area (Å²) in [5.74, 6) is 0.0274. The van der Waals surface area contributed by atoms with Gasteiger partial charge in [-0.3, -0.25) is 4.79 Å². The highest BCUT2D eigenvalue weighted by Gasteiger charge is 2.11. The van der Waals surface area contributed by atoms with Crippen molar-refractivity contribution in [3.8, 4) is 11.5 Å². The molecule has 0 heterocycles. The van der Waals surface area contributed by atoms with Crippen LogP contribution in [0.4, 0.5) is 0 Å². The molecule has 0 aliphatic carbocycles. The van der Waals surface area contributed by atoms with Gasteiger partial charge < -0.3 is 14.2 Å². The largest absolute Gasteiger partial charge is 0.495 e. The molecule has 1 rings (SSSR count). The fourth-order valence-corrected chi connectivity index (χ4v) is 1.37. The van der Waals surface area contributed by atoms with E-state index in [0.717, 1.165) is 0 Å². The van der Waals surface area contributed by atoms with Crippen molar-refractivity contribution in [2.75, 3.05) is 20.8 Å². The first-order chi connectivity index (χ1) is 8.12. The van der Waals surface area contributed by atoms with Gasteiger partial charge in [0.2, 0.25) is 0 Å². The Morgan fingerprint density at radius 3 is 2.59 bits per heavy atom. The van der Waals surface area contributed by atoms with Gasteiger partial charge in [-0.2, -0.15) is 0 Å². The lowest BCUT2D eigenvalue weighted by Crippen LogP contribution is -2.13. The zero-order chi connectivity index (χ0) is 12.8. The van der Waals surface area contributed by atoms with Crippen LogP contribution < -0.4 is 9.47 Å². The lowest BCUT2D eigenvalue weighted by molar-refractivity contribution is -0.142. The molecule has 0 saturated carbocycles. The van der Waals surface area contributed by atoms with E-state index in [1.807, 2.05) is 0 Å². The van der Waals surface area contributed by atoms with Gasteiger partial charge in [-0.05, 0) is 6.07 Å². The lowest BCUT2D eigenvalue weighted by Gasteiger charge is -2.10. The maximum atomic E-state index is 10.9. The van der Waals surface area contributed by atoms with Crippen molar-refractivity contribution in [2.24, 2.45) is 0 Å². The minimum atomic E-state index is -0.546. The van der Waals surface area contributed by atoms with E-state index < -0.39 is 5.97 Å². The van der Waals surface area contributed by atoms with Crippen molar-refractivity contribution in [1.82, 2.24) is 0 Å². The SMILES string of the molecule is COC(=O)COc1cc(OC)c(Cl)cc1C=O. The van der Waals surface area contributed by atoms with E-state index in [2.05, 4.69) is 4.74 Å². The maximum absolute atomic E-state index is 10.9. The third-order valence-corrected chi connectivity index (χ3v) is 2.28. The summed E-state index contributed by atoms with van der Waals surface area (Å²) in [5, 5.41) is 0.292. The van der Waals surface area contributed by atoms with Crippen LogP contribution in [0.1, 0.15) is 10.4 Å². The molecule has 0 saturated heterocycles. The van der Waals surface area contributed by atoms with E-state index in [1.54, 1.807) is 0 Å². The Morgan fingerprint density at radius 2 is 2.06 bits per heavy atom. The molecule has 0 aromatic heterocycles. The molecule has 0 bridgehead atoms. The van der Waals surface area contributed by atoms with Crippen LogP contribution in [0, 0.1) is 0 Å². The highest BCUT2D eigenvalue weighted by molar-refractivity contribution is 6.32. The van der Waals surface area contributed by atoms with Gasteiger partial charge in [0.25, 0.3) is 0 Å². The number of esters is 1. The number of hydrogen-bond acceptors (Lipinski definition) is 5. The Morgan fingerprint density at radius 1 is 1.35 bits per heavy atom. The molecular formula is C11H11ClO5. The number of carbonyl (C=O) groups excluding carboxylic acids is 2. The topological polar surface area (TPSA) is 61.8 Å². The summed E-state index contributed by atoms with van der Waals surface area (Å²) in [4.78, 5) is 21.7. The number of aldehydes is 1. The predicted octanol–water partition coefficient (Wildman–Crippen LogP) is 1.71. The number of benzene rings is 1. The Balaban J connectivity index is 2.96. The first-order valence-corrected chi connectivity index (χ1v) is 5.02. The number of halogens is 1. The van der Waals surface area contributed by atoms with Gasteiger partial charge in [0.15, 0.2) is 12.9 Å². The summed E-state index contributed by atoms with van der Waals surface area (Å²) < 4.78 is 14.5. The van der Waals surface area contributed by atoms with E-state index in [9.17, 15) is 9.59 Å². The lowest BCUT2D eigenvalue weighted by atomic mass is 10.2. The van der Waals surface area contributed by atoms with Crippen LogP contribution in [0.5, 0.6) is 11.5 Å². The summed E-state index contributed by atoms with van der Waals surface area (Å²) in [6.07, 6.45) is 0.581. The van der Waals surface area contributed by atoms with Gasteiger partial charge in [-0.15, -0.1) is 0 Å². The summed E-state index contributed by atoms with van der Waals surface area (Å²) >= 11 is 5.84. The molecule has 1 aromatic carbocycles. The van der Waals surface area contributed by atoms with Crippen LogP contribution in [-0.4, -0.2) is 33.1 Å². The average Bonchev–Trinajstić information content (AvgIpc) is 2.36. The van der Waals surface area contributed by atoms with Crippen molar-refractivity contribution >= 4 is 23.9 Å². The number of rotatable bonds is 5. The van der Waals surface area contributed by atoms with Crippen molar-refractivity contribution in [3.05, 3.63) is 22.7 Å². The quantitative estimate of drug-likeness (QED) is 0.594. The Labute approximate surface area is 103 Å². The molecule has 0 atom stereocenters. The fourth-order valence-electron chi connectivity index (χ4n) is 1.12. The third kappa shape index (κ3) is 3.35. The van der Waals surface area contributed by atoms with Gasteiger partial charge in [0.05, 0.1) is 24.8 Å². The van der Waals surface area contributed by atoms with Crippen LogP contribution in [0.15, 0.2) is 12.1 Å². The molecular weight excluding hydrogens is 248 g/mol. The highest BCUT2D eigenvalue weighted by atomic mass is 35.5. The van der Waals surface area contributed by atoms with Crippen molar-refractivity contribution in [1.29, 1.82) is 0 Å². The Bertz CT molecular complexity index is 430. The van der Waals surface area contributed by atoms with E-state index >= 15 is 0 Å². The molecule has 0 aliphatic rings. The van der Waals surface area contributed by atoms with Crippen molar-refractivity contribution in [2.45, 2.75) is 0 Å². The van der Waals surface area contributed by atoms with E-state index in [-0.39, 0.29) is 17.9 Å². The monoisotopic (exact) mass is 258 g/mol. The number of ether oxygens (including phenoxy) is 3. The maximum Gasteiger partial charge on any atom is 0.343 e. The van der Waals surface area contributed by atoms with Gasteiger partial charge >= 0.3 is 5.97 Å². The third-order valence-electron chi connectivity index (χ3n) is 1.98. The molecule has 0 aliphatic heterocycles. The Kier molecular flexibility index (Phi) is 4.78. The molecule has 0 fully saturated rings. The molecule has 0 unspecified atom stereocenters. The first-order valence-electron chi connectivity index (χ1n) is 4.64. The van der Waals surface area contributed by atoms with Gasteiger partial charge in [-0.25, -0.2) is 4.79 Å². The number of hydrogen-bond donors (Lipinski definition) is 0. The van der Waals surface area contributed by atoms with Crippen molar-refractivity contribution in [3.63, 3.8) is 0 Å². The van der Waals surface area contributed by atoms with Crippen LogP contribution in [-0.2, 0) is 9.53 Å². The molecule has 1 aromatic rings. The second-order valence-corrected chi connectivity index (χ2v) is 3.41. The van der Waals surface area contributed by atoms with Crippen LogP contribution in [0.3, 0.4) is 0 Å². The molecule has 5 nitrogen and oxygen atoms in total. The normalized spacial score (nSPS) is 9.59. The minimum Gasteiger partial charge on any atom is -0.495 e. The molecule has 17 heavy (non-hydrogen) atoms. The van der Waals surface area contributed by atoms with Gasteiger partial charge in [0.1, 0.15) is 11.5 Å². The number of methoxy groups -OCH3 is 2. The molecule has 0 amide bonds.